The van der Waals surface area contributed by atoms with E-state index in [1.165, 1.54) is 32.3 Å². The molecular weight excluding hydrogens is 500 g/mol. The van der Waals surface area contributed by atoms with Crippen molar-refractivity contribution in [3.63, 3.8) is 0 Å². The summed E-state index contributed by atoms with van der Waals surface area (Å²) in [5, 5.41) is 9.49. The second-order valence-electron chi connectivity index (χ2n) is 10.5. The van der Waals surface area contributed by atoms with Crippen LogP contribution >= 0.6 is 0 Å². The molecule has 7 aromatic carbocycles. The van der Waals surface area contributed by atoms with E-state index in [-0.39, 0.29) is 0 Å². The minimum Gasteiger partial charge on any atom is -0.455 e. The molecule has 0 radical (unpaired) electrons. The molecule has 0 amide bonds. The highest BCUT2D eigenvalue weighted by molar-refractivity contribution is 6.34. The predicted molar refractivity (Wildman–Crippen MR) is 170 cm³/mol. The Balaban J connectivity index is 1.37. The summed E-state index contributed by atoms with van der Waals surface area (Å²) in [6.07, 6.45) is 0. The van der Waals surface area contributed by atoms with Crippen molar-refractivity contribution >= 4 is 65.3 Å². The lowest BCUT2D eigenvalue weighted by molar-refractivity contribution is 0.673. The first-order valence-corrected chi connectivity index (χ1v) is 13.8. The molecule has 0 spiro atoms. The molecule has 2 aromatic heterocycles. The van der Waals surface area contributed by atoms with E-state index in [2.05, 4.69) is 84.9 Å². The summed E-state index contributed by atoms with van der Waals surface area (Å²) in [6, 6.07) is 46.5. The normalized spacial score (nSPS) is 11.9. The van der Waals surface area contributed by atoms with Crippen molar-refractivity contribution in [2.45, 2.75) is 0 Å². The summed E-state index contributed by atoms with van der Waals surface area (Å²) in [4.78, 5) is 10.2. The van der Waals surface area contributed by atoms with Crippen LogP contribution in [0.3, 0.4) is 0 Å². The van der Waals surface area contributed by atoms with Crippen LogP contribution in [0, 0.1) is 0 Å². The molecule has 3 heteroatoms. The summed E-state index contributed by atoms with van der Waals surface area (Å²) >= 11 is 0. The third kappa shape index (κ3) is 3.26. The number of hydrogen-bond donors (Lipinski definition) is 0. The van der Waals surface area contributed by atoms with Crippen LogP contribution in [0.25, 0.3) is 87.8 Å². The van der Waals surface area contributed by atoms with Crippen molar-refractivity contribution in [2.75, 3.05) is 0 Å². The first-order chi connectivity index (χ1) is 20.3. The van der Waals surface area contributed by atoms with Crippen LogP contribution in [0.5, 0.6) is 0 Å². The van der Waals surface area contributed by atoms with Gasteiger partial charge in [0.05, 0.1) is 22.4 Å². The van der Waals surface area contributed by atoms with Gasteiger partial charge in [-0.05, 0) is 51.2 Å². The monoisotopic (exact) mass is 522 g/mol. The van der Waals surface area contributed by atoms with Gasteiger partial charge in [0.1, 0.15) is 11.2 Å². The van der Waals surface area contributed by atoms with Crippen molar-refractivity contribution in [1.29, 1.82) is 0 Å². The number of rotatable bonds is 2. The van der Waals surface area contributed by atoms with Crippen LogP contribution < -0.4 is 0 Å². The molecule has 0 bridgehead atoms. The van der Waals surface area contributed by atoms with Crippen molar-refractivity contribution in [3.8, 4) is 22.5 Å². The van der Waals surface area contributed by atoms with Gasteiger partial charge in [-0.25, -0.2) is 9.97 Å². The molecule has 0 aliphatic carbocycles. The zero-order valence-electron chi connectivity index (χ0n) is 22.0. The van der Waals surface area contributed by atoms with E-state index in [4.69, 9.17) is 14.4 Å². The van der Waals surface area contributed by atoms with Crippen LogP contribution in [0.15, 0.2) is 138 Å². The second kappa shape index (κ2) is 8.48. The van der Waals surface area contributed by atoms with Gasteiger partial charge in [0.15, 0.2) is 0 Å². The first-order valence-electron chi connectivity index (χ1n) is 13.8. The topological polar surface area (TPSA) is 38.9 Å². The Morgan fingerprint density at radius 2 is 1.05 bits per heavy atom. The minimum atomic E-state index is 0.887. The average molecular weight is 523 g/mol. The van der Waals surface area contributed by atoms with Gasteiger partial charge in [0.25, 0.3) is 0 Å². The lowest BCUT2D eigenvalue weighted by Crippen LogP contribution is -1.95. The van der Waals surface area contributed by atoms with Gasteiger partial charge in [-0.2, -0.15) is 0 Å². The fraction of sp³-hybridized carbons (Fsp3) is 0. The van der Waals surface area contributed by atoms with Crippen LogP contribution in [0.2, 0.25) is 0 Å². The maximum absolute atomic E-state index is 6.44. The number of aromatic nitrogens is 2. The molecule has 0 aliphatic rings. The molecule has 190 valence electrons. The molecule has 0 unspecified atom stereocenters. The molecule has 0 saturated heterocycles. The highest BCUT2D eigenvalue weighted by Crippen LogP contribution is 2.44. The molecular formula is C38H22N2O. The van der Waals surface area contributed by atoms with E-state index in [1.807, 2.05) is 48.5 Å². The Morgan fingerprint density at radius 3 is 1.85 bits per heavy atom. The molecule has 0 aliphatic heterocycles. The molecule has 0 saturated carbocycles. The van der Waals surface area contributed by atoms with Crippen LogP contribution in [-0.4, -0.2) is 9.97 Å². The van der Waals surface area contributed by atoms with Crippen LogP contribution in [0.4, 0.5) is 0 Å². The van der Waals surface area contributed by atoms with Gasteiger partial charge in [0.2, 0.25) is 0 Å². The maximum atomic E-state index is 6.44. The zero-order chi connectivity index (χ0) is 26.9. The van der Waals surface area contributed by atoms with Crippen molar-refractivity contribution in [1.82, 2.24) is 9.97 Å². The fourth-order valence-corrected chi connectivity index (χ4v) is 6.38. The van der Waals surface area contributed by atoms with Gasteiger partial charge in [0, 0.05) is 27.3 Å². The quantitative estimate of drug-likeness (QED) is 0.212. The Morgan fingerprint density at radius 1 is 0.415 bits per heavy atom. The number of hydrogen-bond acceptors (Lipinski definition) is 3. The number of furan rings is 1. The van der Waals surface area contributed by atoms with Gasteiger partial charge in [-0.3, -0.25) is 0 Å². The smallest absolute Gasteiger partial charge is 0.143 e. The second-order valence-corrected chi connectivity index (χ2v) is 10.5. The van der Waals surface area contributed by atoms with E-state index >= 15 is 0 Å². The fourth-order valence-electron chi connectivity index (χ4n) is 6.38. The van der Waals surface area contributed by atoms with E-state index in [0.29, 0.717) is 0 Å². The number of benzene rings is 7. The summed E-state index contributed by atoms with van der Waals surface area (Å²) in [7, 11) is 0. The van der Waals surface area contributed by atoms with Crippen molar-refractivity contribution in [3.05, 3.63) is 133 Å². The molecule has 41 heavy (non-hydrogen) atoms. The number of nitrogens with zero attached hydrogens (tertiary/aromatic N) is 2. The maximum Gasteiger partial charge on any atom is 0.143 e. The highest BCUT2D eigenvalue weighted by Gasteiger charge is 2.18. The summed E-state index contributed by atoms with van der Waals surface area (Å²) in [6.45, 7) is 0. The molecule has 9 rings (SSSR count). The minimum absolute atomic E-state index is 0.887. The third-order valence-electron chi connectivity index (χ3n) is 8.22. The van der Waals surface area contributed by atoms with Gasteiger partial charge < -0.3 is 4.42 Å². The number of fused-ring (bicyclic) bond motifs is 11. The molecule has 0 fully saturated rings. The standard InChI is InChI=1S/C38H22N2O/c1-2-10-23(11-3-1)36-37(40-32-16-8-7-15-31(32)39-36)25-19-20-26-24(22-25)18-21-30-34(26)27-12-4-5-13-28(27)38-35(30)29-14-6-9-17-33(29)41-38/h1-22H. The lowest BCUT2D eigenvalue weighted by atomic mass is 9.91. The third-order valence-corrected chi connectivity index (χ3v) is 8.22. The Labute approximate surface area is 235 Å². The predicted octanol–water partition coefficient (Wildman–Crippen LogP) is 10.3. The average Bonchev–Trinajstić information content (AvgIpc) is 3.44. The zero-order valence-corrected chi connectivity index (χ0v) is 22.0. The molecule has 0 N–H and O–H groups in total. The summed E-state index contributed by atoms with van der Waals surface area (Å²) in [5.41, 5.74) is 7.53. The Bertz CT molecular complexity index is 2470. The van der Waals surface area contributed by atoms with Crippen molar-refractivity contribution < 1.29 is 4.42 Å². The van der Waals surface area contributed by atoms with Crippen molar-refractivity contribution in [2.24, 2.45) is 0 Å². The first kappa shape index (κ1) is 22.3. The van der Waals surface area contributed by atoms with Crippen LogP contribution in [0.1, 0.15) is 0 Å². The van der Waals surface area contributed by atoms with Gasteiger partial charge in [-0.15, -0.1) is 0 Å². The highest BCUT2D eigenvalue weighted by atomic mass is 16.3. The molecule has 0 atom stereocenters. The molecule has 2 heterocycles. The van der Waals surface area contributed by atoms with Crippen LogP contribution in [-0.2, 0) is 0 Å². The van der Waals surface area contributed by atoms with E-state index < -0.39 is 0 Å². The number of para-hydroxylation sites is 3. The molecule has 9 aromatic rings. The SMILES string of the molecule is c1ccc(-c2nc3ccccc3nc2-c2ccc3c(ccc4c3c3ccccc3c3oc5ccccc5c43)c2)cc1. The van der Waals surface area contributed by atoms with Gasteiger partial charge >= 0.3 is 0 Å². The summed E-state index contributed by atoms with van der Waals surface area (Å²) in [5.74, 6) is 0. The van der Waals surface area contributed by atoms with Gasteiger partial charge in [-0.1, -0.05) is 109 Å². The van der Waals surface area contributed by atoms with E-state index in [0.717, 1.165) is 55.5 Å². The van der Waals surface area contributed by atoms with E-state index in [9.17, 15) is 0 Å². The summed E-state index contributed by atoms with van der Waals surface area (Å²) < 4.78 is 6.44. The lowest BCUT2D eigenvalue weighted by Gasteiger charge is -2.13. The Hall–Kier alpha value is -5.54. The van der Waals surface area contributed by atoms with E-state index in [1.54, 1.807) is 0 Å². The largest absolute Gasteiger partial charge is 0.455 e. The Kier molecular flexibility index (Phi) is 4.61. The molecule has 3 nitrogen and oxygen atoms in total.